The lowest BCUT2D eigenvalue weighted by Crippen LogP contribution is -2.37. The van der Waals surface area contributed by atoms with Crippen molar-refractivity contribution in [1.82, 2.24) is 10.0 Å². The summed E-state index contributed by atoms with van der Waals surface area (Å²) >= 11 is 1.45. The highest BCUT2D eigenvalue weighted by Crippen LogP contribution is 2.19. The largest absolute Gasteiger partial charge is 0.383 e. The molecule has 1 atom stereocenters. The first-order valence-electron chi connectivity index (χ1n) is 6.71. The third kappa shape index (κ3) is 5.49. The molecule has 0 aliphatic rings. The van der Waals surface area contributed by atoms with Gasteiger partial charge in [-0.25, -0.2) is 13.1 Å². The molecule has 0 spiro atoms. The monoisotopic (exact) mass is 320 g/mol. The second kappa shape index (κ2) is 8.09. The Morgan fingerprint density at radius 2 is 2.10 bits per heavy atom. The van der Waals surface area contributed by atoms with E-state index in [-0.39, 0.29) is 6.04 Å². The van der Waals surface area contributed by atoms with Crippen LogP contribution in [0.15, 0.2) is 16.3 Å². The standard InChI is InChI=1S/C13H24N2O3S2/c1-5-11(8-18-4)15-20(16,17)13-6-12(19-9-13)7-14-10(2)3/h6,9-11,14-15H,5,7-8H2,1-4H3. The fourth-order valence-corrected chi connectivity index (χ4v) is 4.15. The Bertz CT molecular complexity index is 497. The van der Waals surface area contributed by atoms with Crippen LogP contribution in [0, 0.1) is 0 Å². The lowest BCUT2D eigenvalue weighted by Gasteiger charge is -2.15. The molecule has 0 saturated carbocycles. The molecule has 1 aromatic heterocycles. The first-order valence-corrected chi connectivity index (χ1v) is 9.07. The molecule has 0 aliphatic heterocycles. The first-order chi connectivity index (χ1) is 9.39. The van der Waals surface area contributed by atoms with Crippen molar-refractivity contribution in [2.45, 2.75) is 50.7 Å². The van der Waals surface area contributed by atoms with Gasteiger partial charge in [-0.05, 0) is 12.5 Å². The van der Waals surface area contributed by atoms with Gasteiger partial charge in [0.1, 0.15) is 0 Å². The average molecular weight is 320 g/mol. The van der Waals surface area contributed by atoms with Gasteiger partial charge < -0.3 is 10.1 Å². The van der Waals surface area contributed by atoms with Crippen LogP contribution in [0.2, 0.25) is 0 Å². The van der Waals surface area contributed by atoms with Crippen LogP contribution >= 0.6 is 11.3 Å². The van der Waals surface area contributed by atoms with Gasteiger partial charge in [0.05, 0.1) is 11.5 Å². The van der Waals surface area contributed by atoms with Crippen molar-refractivity contribution < 1.29 is 13.2 Å². The van der Waals surface area contributed by atoms with E-state index in [9.17, 15) is 8.42 Å². The van der Waals surface area contributed by atoms with Gasteiger partial charge in [-0.15, -0.1) is 11.3 Å². The molecule has 0 fully saturated rings. The lowest BCUT2D eigenvalue weighted by molar-refractivity contribution is 0.173. The number of rotatable bonds is 9. The summed E-state index contributed by atoms with van der Waals surface area (Å²) in [5, 5.41) is 4.95. The molecule has 1 rings (SSSR count). The van der Waals surface area contributed by atoms with E-state index in [1.54, 1.807) is 18.6 Å². The minimum absolute atomic E-state index is 0.192. The smallest absolute Gasteiger partial charge is 0.241 e. The molecular weight excluding hydrogens is 296 g/mol. The molecule has 0 aliphatic carbocycles. The minimum Gasteiger partial charge on any atom is -0.383 e. The Kier molecular flexibility index (Phi) is 7.11. The zero-order chi connectivity index (χ0) is 15.2. The molecule has 0 aromatic carbocycles. The Balaban J connectivity index is 2.72. The minimum atomic E-state index is -3.46. The fraction of sp³-hybridized carbons (Fsp3) is 0.692. The van der Waals surface area contributed by atoms with E-state index in [1.165, 1.54) is 11.3 Å². The SMILES string of the molecule is CCC(COC)NS(=O)(=O)c1csc(CNC(C)C)c1. The molecule has 7 heteroatoms. The molecule has 0 radical (unpaired) electrons. The number of thiophene rings is 1. The van der Waals surface area contributed by atoms with Gasteiger partial charge in [0, 0.05) is 36.0 Å². The van der Waals surface area contributed by atoms with E-state index in [1.807, 2.05) is 6.92 Å². The van der Waals surface area contributed by atoms with Crippen LogP contribution in [0.1, 0.15) is 32.1 Å². The Labute approximate surface area is 125 Å². The zero-order valence-electron chi connectivity index (χ0n) is 12.5. The molecule has 5 nitrogen and oxygen atoms in total. The lowest BCUT2D eigenvalue weighted by atomic mass is 10.3. The number of hydrogen-bond donors (Lipinski definition) is 2. The summed E-state index contributed by atoms with van der Waals surface area (Å²) in [6, 6.07) is 1.91. The van der Waals surface area contributed by atoms with Crippen LogP contribution in [0.4, 0.5) is 0 Å². The summed E-state index contributed by atoms with van der Waals surface area (Å²) in [4.78, 5) is 1.34. The summed E-state index contributed by atoms with van der Waals surface area (Å²) in [5.41, 5.74) is 0. The molecule has 0 bridgehead atoms. The molecule has 1 unspecified atom stereocenters. The van der Waals surface area contributed by atoms with E-state index in [0.29, 0.717) is 30.5 Å². The Hall–Kier alpha value is -0.470. The van der Waals surface area contributed by atoms with Crippen LogP contribution in [-0.4, -0.2) is 34.2 Å². The predicted molar refractivity (Wildman–Crippen MR) is 82.6 cm³/mol. The van der Waals surface area contributed by atoms with Gasteiger partial charge in [-0.3, -0.25) is 0 Å². The highest BCUT2D eigenvalue weighted by atomic mass is 32.2. The van der Waals surface area contributed by atoms with Crippen molar-refractivity contribution in [2.24, 2.45) is 0 Å². The van der Waals surface area contributed by atoms with Crippen molar-refractivity contribution in [3.8, 4) is 0 Å². The third-order valence-corrected chi connectivity index (χ3v) is 5.39. The van der Waals surface area contributed by atoms with Gasteiger partial charge in [-0.2, -0.15) is 0 Å². The molecule has 2 N–H and O–H groups in total. The first kappa shape index (κ1) is 17.6. The van der Waals surface area contributed by atoms with Gasteiger partial charge in [0.15, 0.2) is 0 Å². The molecular formula is C13H24N2O3S2. The van der Waals surface area contributed by atoms with E-state index >= 15 is 0 Å². The van der Waals surface area contributed by atoms with Crippen molar-refractivity contribution in [1.29, 1.82) is 0 Å². The zero-order valence-corrected chi connectivity index (χ0v) is 14.1. The number of nitrogens with one attached hydrogen (secondary N) is 2. The van der Waals surface area contributed by atoms with Crippen LogP contribution in [-0.2, 0) is 21.3 Å². The number of ether oxygens (including phenoxy) is 1. The number of hydrogen-bond acceptors (Lipinski definition) is 5. The summed E-state index contributed by atoms with van der Waals surface area (Å²) in [5.74, 6) is 0. The molecule has 0 saturated heterocycles. The van der Waals surface area contributed by atoms with Crippen LogP contribution in [0.5, 0.6) is 0 Å². The summed E-state index contributed by atoms with van der Waals surface area (Å²) in [6.45, 7) is 7.11. The Morgan fingerprint density at radius 3 is 2.65 bits per heavy atom. The normalized spacial score (nSPS) is 13.8. The predicted octanol–water partition coefficient (Wildman–Crippen LogP) is 1.95. The second-order valence-corrected chi connectivity index (χ2v) is 7.68. The van der Waals surface area contributed by atoms with Crippen molar-refractivity contribution in [2.75, 3.05) is 13.7 Å². The maximum absolute atomic E-state index is 12.2. The Morgan fingerprint density at radius 1 is 1.40 bits per heavy atom. The van der Waals surface area contributed by atoms with Crippen molar-refractivity contribution in [3.63, 3.8) is 0 Å². The van der Waals surface area contributed by atoms with Crippen molar-refractivity contribution in [3.05, 3.63) is 16.3 Å². The van der Waals surface area contributed by atoms with Crippen LogP contribution in [0.25, 0.3) is 0 Å². The van der Waals surface area contributed by atoms with Gasteiger partial charge >= 0.3 is 0 Å². The van der Waals surface area contributed by atoms with Gasteiger partial charge in [0.25, 0.3) is 0 Å². The molecule has 0 amide bonds. The topological polar surface area (TPSA) is 67.4 Å². The highest BCUT2D eigenvalue weighted by molar-refractivity contribution is 7.89. The number of sulfonamides is 1. The van der Waals surface area contributed by atoms with Gasteiger partial charge in [-0.1, -0.05) is 20.8 Å². The van der Waals surface area contributed by atoms with E-state index in [2.05, 4.69) is 23.9 Å². The maximum atomic E-state index is 12.2. The second-order valence-electron chi connectivity index (χ2n) is 4.97. The average Bonchev–Trinajstić information content (AvgIpc) is 2.85. The maximum Gasteiger partial charge on any atom is 0.241 e. The fourth-order valence-electron chi connectivity index (χ4n) is 1.62. The van der Waals surface area contributed by atoms with E-state index in [4.69, 9.17) is 4.74 Å². The summed E-state index contributed by atoms with van der Waals surface area (Å²) in [6.07, 6.45) is 0.693. The highest BCUT2D eigenvalue weighted by Gasteiger charge is 2.20. The molecule has 116 valence electrons. The summed E-state index contributed by atoms with van der Waals surface area (Å²) < 4.78 is 32.2. The molecule has 1 aromatic rings. The summed E-state index contributed by atoms with van der Waals surface area (Å²) in [7, 11) is -1.89. The van der Waals surface area contributed by atoms with E-state index in [0.717, 1.165) is 4.88 Å². The molecule has 1 heterocycles. The van der Waals surface area contributed by atoms with Crippen LogP contribution < -0.4 is 10.0 Å². The van der Waals surface area contributed by atoms with Crippen LogP contribution in [0.3, 0.4) is 0 Å². The quantitative estimate of drug-likeness (QED) is 0.730. The molecule has 20 heavy (non-hydrogen) atoms. The van der Waals surface area contributed by atoms with Gasteiger partial charge in [0.2, 0.25) is 10.0 Å². The van der Waals surface area contributed by atoms with E-state index < -0.39 is 10.0 Å². The third-order valence-electron chi connectivity index (χ3n) is 2.81. The number of methoxy groups -OCH3 is 1. The van der Waals surface area contributed by atoms with Crippen molar-refractivity contribution >= 4 is 21.4 Å².